The Balaban J connectivity index is 0.00000256. The lowest BCUT2D eigenvalue weighted by Gasteiger charge is -2.10. The lowest BCUT2D eigenvalue weighted by atomic mass is 10.2. The van der Waals surface area contributed by atoms with E-state index in [2.05, 4.69) is 36.0 Å². The SMILES string of the molecule is CN=C(NCCc1nc(-c2ccc(Cl)cc2)no1)NCc1nnc2ccccn12.I. The number of pyridine rings is 1. The monoisotopic (exact) mass is 538 g/mol. The first kappa shape index (κ1) is 22.0. The summed E-state index contributed by atoms with van der Waals surface area (Å²) >= 11 is 5.90. The number of guanidine groups is 1. The molecule has 0 spiro atoms. The third kappa shape index (κ3) is 5.25. The second-order valence-electron chi connectivity index (χ2n) is 6.17. The van der Waals surface area contributed by atoms with Crippen LogP contribution < -0.4 is 10.6 Å². The van der Waals surface area contributed by atoms with Gasteiger partial charge in [0.05, 0.1) is 6.54 Å². The van der Waals surface area contributed by atoms with E-state index >= 15 is 0 Å². The molecule has 0 atom stereocenters. The Hall–Kier alpha value is -2.73. The maximum absolute atomic E-state index is 5.90. The quantitative estimate of drug-likeness (QED) is 0.221. The van der Waals surface area contributed by atoms with Gasteiger partial charge in [-0.1, -0.05) is 22.8 Å². The number of aliphatic imine (C=N–C) groups is 1. The van der Waals surface area contributed by atoms with Crippen molar-refractivity contribution in [2.75, 3.05) is 13.6 Å². The molecule has 0 amide bonds. The third-order valence-corrected chi connectivity index (χ3v) is 4.48. The molecular weight excluding hydrogens is 519 g/mol. The van der Waals surface area contributed by atoms with Crippen LogP contribution >= 0.6 is 35.6 Å². The summed E-state index contributed by atoms with van der Waals surface area (Å²) in [7, 11) is 1.71. The highest BCUT2D eigenvalue weighted by Crippen LogP contribution is 2.18. The molecule has 4 aromatic rings. The van der Waals surface area contributed by atoms with Crippen LogP contribution in [0.25, 0.3) is 17.0 Å². The fourth-order valence-electron chi connectivity index (χ4n) is 2.76. The molecule has 11 heteroatoms. The Morgan fingerprint density at radius 1 is 1.13 bits per heavy atom. The molecule has 0 bridgehead atoms. The second kappa shape index (κ2) is 10.3. The number of hydrogen-bond acceptors (Lipinski definition) is 6. The molecule has 3 heterocycles. The van der Waals surface area contributed by atoms with E-state index < -0.39 is 0 Å². The van der Waals surface area contributed by atoms with Crippen molar-refractivity contribution in [2.24, 2.45) is 4.99 Å². The van der Waals surface area contributed by atoms with Gasteiger partial charge in [0.15, 0.2) is 17.4 Å². The van der Waals surface area contributed by atoms with Gasteiger partial charge in [0.2, 0.25) is 11.7 Å². The molecule has 0 aliphatic heterocycles. The van der Waals surface area contributed by atoms with Crippen LogP contribution in [-0.4, -0.2) is 44.3 Å². The van der Waals surface area contributed by atoms with Gasteiger partial charge in [0, 0.05) is 36.8 Å². The summed E-state index contributed by atoms with van der Waals surface area (Å²) in [5.41, 5.74) is 1.66. The molecule has 2 N–H and O–H groups in total. The van der Waals surface area contributed by atoms with Crippen molar-refractivity contribution in [3.63, 3.8) is 0 Å². The minimum Gasteiger partial charge on any atom is -0.356 e. The van der Waals surface area contributed by atoms with Crippen molar-refractivity contribution >= 4 is 47.2 Å². The van der Waals surface area contributed by atoms with E-state index in [9.17, 15) is 0 Å². The molecule has 0 aliphatic rings. The molecule has 0 saturated heterocycles. The van der Waals surface area contributed by atoms with E-state index in [1.807, 2.05) is 40.9 Å². The van der Waals surface area contributed by atoms with Crippen LogP contribution in [0.15, 0.2) is 58.2 Å². The van der Waals surface area contributed by atoms with E-state index in [4.69, 9.17) is 16.1 Å². The van der Waals surface area contributed by atoms with Crippen LogP contribution in [-0.2, 0) is 13.0 Å². The van der Waals surface area contributed by atoms with Crippen molar-refractivity contribution in [1.82, 2.24) is 35.4 Å². The lowest BCUT2D eigenvalue weighted by molar-refractivity contribution is 0.378. The number of benzene rings is 1. The molecule has 0 aliphatic carbocycles. The molecule has 156 valence electrons. The molecular formula is C19H20ClIN8O. The Labute approximate surface area is 195 Å². The Kier molecular flexibility index (Phi) is 7.57. The molecule has 0 fully saturated rings. The zero-order chi connectivity index (χ0) is 20.1. The summed E-state index contributed by atoms with van der Waals surface area (Å²) in [6.07, 6.45) is 2.49. The van der Waals surface area contributed by atoms with Crippen LogP contribution in [0, 0.1) is 0 Å². The van der Waals surface area contributed by atoms with Gasteiger partial charge in [-0.25, -0.2) is 0 Å². The molecule has 4 rings (SSSR count). The number of hydrogen-bond donors (Lipinski definition) is 2. The summed E-state index contributed by atoms with van der Waals surface area (Å²) in [5, 5.41) is 19.4. The number of nitrogens with one attached hydrogen (secondary N) is 2. The first-order valence-corrected chi connectivity index (χ1v) is 9.42. The first-order chi connectivity index (χ1) is 14.2. The van der Waals surface area contributed by atoms with Crippen LogP contribution in [0.5, 0.6) is 0 Å². The summed E-state index contributed by atoms with van der Waals surface area (Å²) in [4.78, 5) is 8.63. The van der Waals surface area contributed by atoms with Crippen molar-refractivity contribution in [2.45, 2.75) is 13.0 Å². The lowest BCUT2D eigenvalue weighted by Crippen LogP contribution is -2.38. The molecule has 30 heavy (non-hydrogen) atoms. The van der Waals surface area contributed by atoms with Gasteiger partial charge in [-0.05, 0) is 36.4 Å². The molecule has 0 radical (unpaired) electrons. The molecule has 0 saturated carbocycles. The van der Waals surface area contributed by atoms with Crippen molar-refractivity contribution < 1.29 is 4.52 Å². The standard InChI is InChI=1S/C19H19ClN8O.HI/c1-21-19(23-12-16-26-25-15-4-2-3-11-28(15)16)22-10-9-17-24-18(27-29-17)13-5-7-14(20)8-6-13;/h2-8,11H,9-10,12H2,1H3,(H2,21,22,23);1H. The van der Waals surface area contributed by atoms with Gasteiger partial charge in [-0.15, -0.1) is 34.2 Å². The van der Waals surface area contributed by atoms with E-state index in [1.165, 1.54) is 0 Å². The Morgan fingerprint density at radius 2 is 1.97 bits per heavy atom. The van der Waals surface area contributed by atoms with Gasteiger partial charge in [-0.3, -0.25) is 9.39 Å². The topological polar surface area (TPSA) is 106 Å². The van der Waals surface area contributed by atoms with Gasteiger partial charge < -0.3 is 15.2 Å². The van der Waals surface area contributed by atoms with Crippen molar-refractivity contribution in [3.8, 4) is 11.4 Å². The average Bonchev–Trinajstić information content (AvgIpc) is 3.38. The van der Waals surface area contributed by atoms with Crippen LogP contribution in [0.2, 0.25) is 5.02 Å². The zero-order valence-electron chi connectivity index (χ0n) is 16.1. The summed E-state index contributed by atoms with van der Waals surface area (Å²) in [5.74, 6) is 2.53. The van der Waals surface area contributed by atoms with Crippen LogP contribution in [0.1, 0.15) is 11.7 Å². The maximum Gasteiger partial charge on any atom is 0.228 e. The van der Waals surface area contributed by atoms with Gasteiger partial charge in [-0.2, -0.15) is 4.98 Å². The maximum atomic E-state index is 5.90. The highest BCUT2D eigenvalue weighted by Gasteiger charge is 2.09. The number of aromatic nitrogens is 5. The third-order valence-electron chi connectivity index (χ3n) is 4.22. The van der Waals surface area contributed by atoms with E-state index in [1.54, 1.807) is 19.2 Å². The number of nitrogens with zero attached hydrogens (tertiary/aromatic N) is 6. The molecule has 9 nitrogen and oxygen atoms in total. The smallest absolute Gasteiger partial charge is 0.228 e. The van der Waals surface area contributed by atoms with E-state index in [0.29, 0.717) is 42.2 Å². The first-order valence-electron chi connectivity index (χ1n) is 9.04. The highest BCUT2D eigenvalue weighted by molar-refractivity contribution is 14.0. The molecule has 1 aromatic carbocycles. The minimum atomic E-state index is 0. The van der Waals surface area contributed by atoms with Crippen LogP contribution in [0.4, 0.5) is 0 Å². The van der Waals surface area contributed by atoms with Crippen LogP contribution in [0.3, 0.4) is 0 Å². The highest BCUT2D eigenvalue weighted by atomic mass is 127. The number of rotatable bonds is 6. The van der Waals surface area contributed by atoms with Crippen molar-refractivity contribution in [3.05, 3.63) is 65.4 Å². The second-order valence-corrected chi connectivity index (χ2v) is 6.60. The Bertz CT molecular complexity index is 1120. The zero-order valence-corrected chi connectivity index (χ0v) is 19.2. The van der Waals surface area contributed by atoms with Gasteiger partial charge in [0.1, 0.15) is 0 Å². The van der Waals surface area contributed by atoms with Gasteiger partial charge >= 0.3 is 0 Å². The Morgan fingerprint density at radius 3 is 2.77 bits per heavy atom. The normalized spacial score (nSPS) is 11.3. The largest absolute Gasteiger partial charge is 0.356 e. The predicted molar refractivity (Wildman–Crippen MR) is 125 cm³/mol. The van der Waals surface area contributed by atoms with E-state index in [0.717, 1.165) is 17.0 Å². The fraction of sp³-hybridized carbons (Fsp3) is 0.211. The predicted octanol–water partition coefficient (Wildman–Crippen LogP) is 2.96. The molecule has 0 unspecified atom stereocenters. The summed E-state index contributed by atoms with van der Waals surface area (Å²) in [6.45, 7) is 1.08. The molecule has 3 aromatic heterocycles. The fourth-order valence-corrected chi connectivity index (χ4v) is 2.88. The minimum absolute atomic E-state index is 0. The number of fused-ring (bicyclic) bond motifs is 1. The van der Waals surface area contributed by atoms with E-state index in [-0.39, 0.29) is 24.0 Å². The van der Waals surface area contributed by atoms with Gasteiger partial charge in [0.25, 0.3) is 0 Å². The average molecular weight is 539 g/mol. The van der Waals surface area contributed by atoms with Crippen molar-refractivity contribution in [1.29, 1.82) is 0 Å². The summed E-state index contributed by atoms with van der Waals surface area (Å²) < 4.78 is 7.24. The number of halogens is 2. The summed E-state index contributed by atoms with van der Waals surface area (Å²) in [6, 6.07) is 13.1.